The summed E-state index contributed by atoms with van der Waals surface area (Å²) in [6.45, 7) is 3.86. The highest BCUT2D eigenvalue weighted by molar-refractivity contribution is 7.16. The first kappa shape index (κ1) is 15.6. The number of hydrogen-bond acceptors (Lipinski definition) is 5. The van der Waals surface area contributed by atoms with Crippen LogP contribution < -0.4 is 15.7 Å². The molecule has 0 aliphatic rings. The molecule has 0 saturated heterocycles. The van der Waals surface area contributed by atoms with E-state index in [1.807, 2.05) is 6.07 Å². The Hall–Kier alpha value is -1.79. The van der Waals surface area contributed by atoms with Crippen molar-refractivity contribution in [1.82, 2.24) is 4.68 Å². The summed E-state index contributed by atoms with van der Waals surface area (Å²) in [5.74, 6) is -0.376. The zero-order chi connectivity index (χ0) is 15.4. The van der Waals surface area contributed by atoms with Crippen molar-refractivity contribution in [3.8, 4) is 5.75 Å². The van der Waals surface area contributed by atoms with E-state index in [0.717, 1.165) is 4.88 Å². The molecule has 0 saturated carbocycles. The van der Waals surface area contributed by atoms with E-state index in [2.05, 4.69) is 5.43 Å². The highest BCUT2D eigenvalue weighted by Crippen LogP contribution is 2.21. The second-order valence-electron chi connectivity index (χ2n) is 4.37. The summed E-state index contributed by atoms with van der Waals surface area (Å²) in [5, 5.41) is 0. The minimum Gasteiger partial charge on any atom is -0.420 e. The first-order chi connectivity index (χ1) is 10.0. The van der Waals surface area contributed by atoms with Crippen molar-refractivity contribution in [2.75, 3.05) is 5.43 Å². The van der Waals surface area contributed by atoms with E-state index >= 15 is 0 Å². The average Bonchev–Trinajstić information content (AvgIpc) is 2.88. The smallest absolute Gasteiger partial charge is 0.312 e. The van der Waals surface area contributed by atoms with Gasteiger partial charge in [-0.15, -0.1) is 11.3 Å². The largest absolute Gasteiger partial charge is 0.420 e. The van der Waals surface area contributed by atoms with Gasteiger partial charge in [0.2, 0.25) is 5.75 Å². The molecule has 0 aliphatic carbocycles. The maximum atomic E-state index is 12.3. The average molecular weight is 327 g/mol. The molecule has 2 aromatic heterocycles. The number of carbonyl (C=O) groups is 1. The lowest BCUT2D eigenvalue weighted by Gasteiger charge is -2.12. The summed E-state index contributed by atoms with van der Waals surface area (Å²) in [6, 6.07) is 5.40. The zero-order valence-corrected chi connectivity index (χ0v) is 13.3. The van der Waals surface area contributed by atoms with E-state index in [1.54, 1.807) is 32.2 Å². The highest BCUT2D eigenvalue weighted by atomic mass is 35.5. The maximum Gasteiger partial charge on any atom is 0.312 e. The number of esters is 1. The molecule has 0 unspecified atom stereocenters. The first-order valence-electron chi connectivity index (χ1n) is 6.42. The van der Waals surface area contributed by atoms with Crippen LogP contribution in [-0.4, -0.2) is 10.6 Å². The summed E-state index contributed by atoms with van der Waals surface area (Å²) >= 11 is 7.29. The van der Waals surface area contributed by atoms with Crippen LogP contribution in [-0.2, 0) is 11.3 Å². The van der Waals surface area contributed by atoms with Gasteiger partial charge >= 0.3 is 11.5 Å². The van der Waals surface area contributed by atoms with Crippen LogP contribution in [0.15, 0.2) is 29.2 Å². The maximum absolute atomic E-state index is 12.3. The van der Waals surface area contributed by atoms with Gasteiger partial charge in [0.15, 0.2) is 0 Å². The zero-order valence-electron chi connectivity index (χ0n) is 11.7. The lowest BCUT2D eigenvalue weighted by Crippen LogP contribution is -2.30. The number of pyridine rings is 1. The number of halogens is 1. The Morgan fingerprint density at radius 2 is 2.19 bits per heavy atom. The third-order valence-electron chi connectivity index (χ3n) is 2.80. The summed E-state index contributed by atoms with van der Waals surface area (Å²) in [6.07, 6.45) is 1.82. The molecule has 0 fully saturated rings. The van der Waals surface area contributed by atoms with E-state index in [-0.39, 0.29) is 17.7 Å². The predicted molar refractivity (Wildman–Crippen MR) is 83.8 cm³/mol. The molecular weight excluding hydrogens is 312 g/mol. The Kier molecular flexibility index (Phi) is 5.03. The number of aromatic nitrogens is 1. The standard InChI is InChI=1S/C14H15ClN2O3S/c1-3-12(18)20-13-9(2)6-7-17(14(13)19)16-8-10-4-5-11(15)21-10/h4-7,16H,3,8H2,1-2H3. The van der Waals surface area contributed by atoms with Crippen LogP contribution >= 0.6 is 22.9 Å². The van der Waals surface area contributed by atoms with Gasteiger partial charge in [0.1, 0.15) is 0 Å². The molecule has 0 radical (unpaired) electrons. The van der Waals surface area contributed by atoms with Gasteiger partial charge in [0.25, 0.3) is 0 Å². The molecule has 112 valence electrons. The van der Waals surface area contributed by atoms with Gasteiger partial charge in [-0.3, -0.25) is 9.59 Å². The predicted octanol–water partition coefficient (Wildman–Crippen LogP) is 2.93. The van der Waals surface area contributed by atoms with Gasteiger partial charge in [0.05, 0.1) is 10.9 Å². The molecule has 0 spiro atoms. The molecule has 0 amide bonds. The number of hydrogen-bond donors (Lipinski definition) is 1. The van der Waals surface area contributed by atoms with E-state index in [0.29, 0.717) is 16.4 Å². The molecule has 0 bridgehead atoms. The number of thiophene rings is 1. The molecular formula is C14H15ClN2O3S. The van der Waals surface area contributed by atoms with Crippen LogP contribution in [0.25, 0.3) is 0 Å². The molecule has 7 heteroatoms. The van der Waals surface area contributed by atoms with Crippen molar-refractivity contribution in [3.63, 3.8) is 0 Å². The first-order valence-corrected chi connectivity index (χ1v) is 7.61. The van der Waals surface area contributed by atoms with Gasteiger partial charge in [-0.25, -0.2) is 4.68 Å². The van der Waals surface area contributed by atoms with Crippen LogP contribution in [0.4, 0.5) is 0 Å². The van der Waals surface area contributed by atoms with Crippen molar-refractivity contribution in [2.45, 2.75) is 26.8 Å². The van der Waals surface area contributed by atoms with E-state index < -0.39 is 5.97 Å². The van der Waals surface area contributed by atoms with Gasteiger partial charge in [-0.05, 0) is 30.7 Å². The van der Waals surface area contributed by atoms with E-state index in [1.165, 1.54) is 16.0 Å². The molecule has 2 aromatic rings. The fraction of sp³-hybridized carbons (Fsp3) is 0.286. The quantitative estimate of drug-likeness (QED) is 0.858. The molecule has 2 heterocycles. The number of nitrogens with one attached hydrogen (secondary N) is 1. The van der Waals surface area contributed by atoms with Crippen LogP contribution in [0.3, 0.4) is 0 Å². The van der Waals surface area contributed by atoms with Gasteiger partial charge in [-0.2, -0.15) is 0 Å². The third kappa shape index (κ3) is 3.86. The van der Waals surface area contributed by atoms with E-state index in [9.17, 15) is 9.59 Å². The van der Waals surface area contributed by atoms with Crippen LogP contribution in [0, 0.1) is 6.92 Å². The fourth-order valence-electron chi connectivity index (χ4n) is 1.65. The third-order valence-corrected chi connectivity index (χ3v) is 4.03. The van der Waals surface area contributed by atoms with Crippen molar-refractivity contribution in [3.05, 3.63) is 49.5 Å². The monoisotopic (exact) mass is 326 g/mol. The minimum atomic E-state index is -0.432. The van der Waals surface area contributed by atoms with Crippen molar-refractivity contribution >= 4 is 28.9 Å². The molecule has 21 heavy (non-hydrogen) atoms. The SMILES string of the molecule is CCC(=O)Oc1c(C)ccn(NCc2ccc(Cl)s2)c1=O. The molecule has 0 aromatic carbocycles. The topological polar surface area (TPSA) is 60.3 Å². The molecule has 0 aliphatic heterocycles. The Morgan fingerprint density at radius 1 is 1.43 bits per heavy atom. The summed E-state index contributed by atoms with van der Waals surface area (Å²) in [7, 11) is 0. The second kappa shape index (κ2) is 6.78. The van der Waals surface area contributed by atoms with Crippen LogP contribution in [0.5, 0.6) is 5.75 Å². The minimum absolute atomic E-state index is 0.0565. The Morgan fingerprint density at radius 3 is 2.81 bits per heavy atom. The molecule has 1 N–H and O–H groups in total. The molecule has 5 nitrogen and oxygen atoms in total. The van der Waals surface area contributed by atoms with Gasteiger partial charge < -0.3 is 10.2 Å². The van der Waals surface area contributed by atoms with E-state index in [4.69, 9.17) is 16.3 Å². The lowest BCUT2D eigenvalue weighted by atomic mass is 10.3. The van der Waals surface area contributed by atoms with Crippen molar-refractivity contribution in [1.29, 1.82) is 0 Å². The Balaban J connectivity index is 2.18. The van der Waals surface area contributed by atoms with Crippen molar-refractivity contribution in [2.24, 2.45) is 0 Å². The Labute approximate surface area is 131 Å². The second-order valence-corrected chi connectivity index (χ2v) is 6.17. The summed E-state index contributed by atoms with van der Waals surface area (Å²) in [5.41, 5.74) is 3.20. The van der Waals surface area contributed by atoms with Crippen molar-refractivity contribution < 1.29 is 9.53 Å². The number of nitrogens with zero attached hydrogens (tertiary/aromatic N) is 1. The number of aryl methyl sites for hydroxylation is 1. The van der Waals surface area contributed by atoms with Gasteiger partial charge in [-0.1, -0.05) is 18.5 Å². The van der Waals surface area contributed by atoms with Gasteiger partial charge in [0, 0.05) is 17.5 Å². The summed E-state index contributed by atoms with van der Waals surface area (Å²) < 4.78 is 7.09. The normalized spacial score (nSPS) is 10.4. The fourth-order valence-corrected chi connectivity index (χ4v) is 2.67. The number of rotatable bonds is 5. The number of carbonyl (C=O) groups excluding carboxylic acids is 1. The highest BCUT2D eigenvalue weighted by Gasteiger charge is 2.12. The summed E-state index contributed by atoms with van der Waals surface area (Å²) in [4.78, 5) is 24.6. The Bertz CT molecular complexity index is 708. The molecule has 2 rings (SSSR count). The number of ether oxygens (including phenoxy) is 1. The molecule has 0 atom stereocenters. The van der Waals surface area contributed by atoms with Crippen LogP contribution in [0.2, 0.25) is 4.34 Å². The lowest BCUT2D eigenvalue weighted by molar-refractivity contribution is -0.134. The van der Waals surface area contributed by atoms with Crippen LogP contribution in [0.1, 0.15) is 23.8 Å².